The zero-order valence-electron chi connectivity index (χ0n) is 11.0. The number of hydrogen-bond acceptors (Lipinski definition) is 2. The van der Waals surface area contributed by atoms with Crippen LogP contribution in [0.4, 0.5) is 5.69 Å². The fraction of sp³-hybridized carbons (Fsp3) is 0.533. The number of nitriles is 1. The minimum atomic E-state index is 0.687. The smallest absolute Gasteiger partial charge is 0.0992 e. The molecule has 2 nitrogen and oxygen atoms in total. The van der Waals surface area contributed by atoms with Crippen LogP contribution in [0.15, 0.2) is 22.7 Å². The molecular weight excluding hydrogens is 288 g/mol. The average molecular weight is 309 g/mol. The maximum absolute atomic E-state index is 8.78. The lowest BCUT2D eigenvalue weighted by Gasteiger charge is -2.08. The summed E-state index contributed by atoms with van der Waals surface area (Å²) in [6.07, 6.45) is 7.85. The Morgan fingerprint density at radius 1 is 1.17 bits per heavy atom. The van der Waals surface area contributed by atoms with E-state index in [-0.39, 0.29) is 0 Å². The quantitative estimate of drug-likeness (QED) is 0.679. The molecular formula is C15H21BrN2. The van der Waals surface area contributed by atoms with Crippen LogP contribution in [0.25, 0.3) is 0 Å². The van der Waals surface area contributed by atoms with Gasteiger partial charge in [-0.25, -0.2) is 0 Å². The van der Waals surface area contributed by atoms with E-state index in [0.29, 0.717) is 5.56 Å². The molecule has 1 rings (SSSR count). The highest BCUT2D eigenvalue weighted by molar-refractivity contribution is 9.10. The van der Waals surface area contributed by atoms with Gasteiger partial charge in [-0.1, -0.05) is 39.0 Å². The van der Waals surface area contributed by atoms with E-state index >= 15 is 0 Å². The first-order valence-corrected chi connectivity index (χ1v) is 7.50. The van der Waals surface area contributed by atoms with Crippen molar-refractivity contribution >= 4 is 21.6 Å². The van der Waals surface area contributed by atoms with Crippen LogP contribution in [-0.2, 0) is 0 Å². The molecule has 0 fully saturated rings. The number of rotatable bonds is 8. The van der Waals surface area contributed by atoms with Gasteiger partial charge in [-0.2, -0.15) is 5.26 Å². The van der Waals surface area contributed by atoms with Crippen molar-refractivity contribution in [1.82, 2.24) is 0 Å². The Hall–Kier alpha value is -1.01. The number of unbranched alkanes of at least 4 members (excludes halogenated alkanes) is 5. The molecule has 0 aliphatic carbocycles. The number of nitrogens with zero attached hydrogens (tertiary/aromatic N) is 1. The van der Waals surface area contributed by atoms with Gasteiger partial charge in [0.05, 0.1) is 11.6 Å². The van der Waals surface area contributed by atoms with Gasteiger partial charge in [-0.15, -0.1) is 0 Å². The monoisotopic (exact) mass is 308 g/mol. The standard InChI is InChI=1S/C15H21BrN2/c1-2-3-4-5-6-7-10-18-15-9-8-13(12-17)11-14(15)16/h8-9,11,18H,2-7,10H2,1H3. The Bertz CT molecular complexity index is 396. The van der Waals surface area contributed by atoms with Gasteiger partial charge in [0.15, 0.2) is 0 Å². The zero-order valence-corrected chi connectivity index (χ0v) is 12.6. The summed E-state index contributed by atoms with van der Waals surface area (Å²) in [5.74, 6) is 0. The molecule has 0 saturated carbocycles. The zero-order chi connectivity index (χ0) is 13.2. The molecule has 0 bridgehead atoms. The minimum absolute atomic E-state index is 0.687. The summed E-state index contributed by atoms with van der Waals surface area (Å²) < 4.78 is 0.965. The van der Waals surface area contributed by atoms with Gasteiger partial charge in [0.25, 0.3) is 0 Å². The lowest BCUT2D eigenvalue weighted by Crippen LogP contribution is -2.02. The average Bonchev–Trinajstić information content (AvgIpc) is 2.39. The molecule has 0 amide bonds. The third-order valence-corrected chi connectivity index (χ3v) is 3.60. The van der Waals surface area contributed by atoms with Crippen molar-refractivity contribution in [3.05, 3.63) is 28.2 Å². The van der Waals surface area contributed by atoms with Crippen molar-refractivity contribution in [1.29, 1.82) is 5.26 Å². The van der Waals surface area contributed by atoms with Crippen LogP contribution in [0.5, 0.6) is 0 Å². The largest absolute Gasteiger partial charge is 0.384 e. The van der Waals surface area contributed by atoms with Crippen LogP contribution in [-0.4, -0.2) is 6.54 Å². The fourth-order valence-electron chi connectivity index (χ4n) is 1.86. The first kappa shape index (κ1) is 15.0. The molecule has 98 valence electrons. The molecule has 0 aromatic heterocycles. The van der Waals surface area contributed by atoms with Crippen molar-refractivity contribution in [3.63, 3.8) is 0 Å². The lowest BCUT2D eigenvalue weighted by atomic mass is 10.1. The third-order valence-electron chi connectivity index (χ3n) is 2.94. The van der Waals surface area contributed by atoms with Gasteiger partial charge in [0.2, 0.25) is 0 Å². The third kappa shape index (κ3) is 5.55. The lowest BCUT2D eigenvalue weighted by molar-refractivity contribution is 0.617. The van der Waals surface area contributed by atoms with Crippen LogP contribution < -0.4 is 5.32 Å². The number of benzene rings is 1. The van der Waals surface area contributed by atoms with E-state index in [2.05, 4.69) is 34.2 Å². The molecule has 0 saturated heterocycles. The van der Waals surface area contributed by atoms with Crippen LogP contribution >= 0.6 is 15.9 Å². The molecule has 0 aliphatic rings. The normalized spacial score (nSPS) is 10.1. The van der Waals surface area contributed by atoms with Gasteiger partial charge in [0.1, 0.15) is 0 Å². The predicted molar refractivity (Wildman–Crippen MR) is 80.7 cm³/mol. The van der Waals surface area contributed by atoms with Gasteiger partial charge in [-0.3, -0.25) is 0 Å². The maximum Gasteiger partial charge on any atom is 0.0992 e. The van der Waals surface area contributed by atoms with E-state index in [1.165, 1.54) is 38.5 Å². The molecule has 1 aromatic carbocycles. The van der Waals surface area contributed by atoms with Crippen LogP contribution in [0.1, 0.15) is 51.0 Å². The SMILES string of the molecule is CCCCCCCCNc1ccc(C#N)cc1Br. The Morgan fingerprint density at radius 3 is 2.56 bits per heavy atom. The number of anilines is 1. The van der Waals surface area contributed by atoms with Crippen molar-refractivity contribution < 1.29 is 0 Å². The summed E-state index contributed by atoms with van der Waals surface area (Å²) in [5, 5.41) is 12.2. The van der Waals surface area contributed by atoms with E-state index in [1.54, 1.807) is 0 Å². The van der Waals surface area contributed by atoms with Crippen LogP contribution in [0, 0.1) is 11.3 Å². The number of halogens is 1. The summed E-state index contributed by atoms with van der Waals surface area (Å²) in [4.78, 5) is 0. The van der Waals surface area contributed by atoms with Crippen LogP contribution in [0.2, 0.25) is 0 Å². The molecule has 1 N–H and O–H groups in total. The molecule has 18 heavy (non-hydrogen) atoms. The highest BCUT2D eigenvalue weighted by Crippen LogP contribution is 2.23. The molecule has 0 unspecified atom stereocenters. The summed E-state index contributed by atoms with van der Waals surface area (Å²) >= 11 is 3.48. The predicted octanol–water partition coefficient (Wildman–Crippen LogP) is 5.09. The van der Waals surface area contributed by atoms with Gasteiger partial charge < -0.3 is 5.32 Å². The molecule has 0 heterocycles. The first-order valence-electron chi connectivity index (χ1n) is 6.71. The van der Waals surface area contributed by atoms with Crippen molar-refractivity contribution in [2.75, 3.05) is 11.9 Å². The molecule has 0 aliphatic heterocycles. The second-order valence-corrected chi connectivity index (χ2v) is 5.36. The number of hydrogen-bond donors (Lipinski definition) is 1. The van der Waals surface area contributed by atoms with Crippen molar-refractivity contribution in [2.24, 2.45) is 0 Å². The minimum Gasteiger partial charge on any atom is -0.384 e. The molecule has 3 heteroatoms. The van der Waals surface area contributed by atoms with E-state index in [1.807, 2.05) is 18.2 Å². The molecule has 1 aromatic rings. The summed E-state index contributed by atoms with van der Waals surface area (Å²) in [7, 11) is 0. The fourth-order valence-corrected chi connectivity index (χ4v) is 2.38. The first-order chi connectivity index (χ1) is 8.77. The molecule has 0 spiro atoms. The Morgan fingerprint density at radius 2 is 1.89 bits per heavy atom. The second kappa shape index (κ2) is 8.99. The van der Waals surface area contributed by atoms with Crippen LogP contribution in [0.3, 0.4) is 0 Å². The van der Waals surface area contributed by atoms with E-state index in [4.69, 9.17) is 5.26 Å². The van der Waals surface area contributed by atoms with Gasteiger partial charge in [0, 0.05) is 16.7 Å². The number of nitrogens with one attached hydrogen (secondary N) is 1. The molecule has 0 radical (unpaired) electrons. The van der Waals surface area contributed by atoms with E-state index < -0.39 is 0 Å². The summed E-state index contributed by atoms with van der Waals surface area (Å²) in [6.45, 7) is 3.24. The highest BCUT2D eigenvalue weighted by atomic mass is 79.9. The van der Waals surface area contributed by atoms with Gasteiger partial charge >= 0.3 is 0 Å². The van der Waals surface area contributed by atoms with Gasteiger partial charge in [-0.05, 0) is 40.5 Å². The van der Waals surface area contributed by atoms with E-state index in [0.717, 1.165) is 16.7 Å². The molecule has 0 atom stereocenters. The Balaban J connectivity index is 2.21. The van der Waals surface area contributed by atoms with E-state index in [9.17, 15) is 0 Å². The summed E-state index contributed by atoms with van der Waals surface area (Å²) in [5.41, 5.74) is 1.76. The van der Waals surface area contributed by atoms with Crippen molar-refractivity contribution in [3.8, 4) is 6.07 Å². The Labute approximate surface area is 119 Å². The topological polar surface area (TPSA) is 35.8 Å². The second-order valence-electron chi connectivity index (χ2n) is 4.50. The Kier molecular flexibility index (Phi) is 7.52. The highest BCUT2D eigenvalue weighted by Gasteiger charge is 2.00. The van der Waals surface area contributed by atoms with Crippen molar-refractivity contribution in [2.45, 2.75) is 45.4 Å². The maximum atomic E-state index is 8.78. The summed E-state index contributed by atoms with van der Waals surface area (Å²) in [6, 6.07) is 7.78.